The molecule has 3 nitrogen and oxygen atoms in total. The summed E-state index contributed by atoms with van der Waals surface area (Å²) in [7, 11) is 0. The van der Waals surface area contributed by atoms with E-state index in [4.69, 9.17) is 4.74 Å². The summed E-state index contributed by atoms with van der Waals surface area (Å²) in [5, 5.41) is 3.54. The Kier molecular flexibility index (Phi) is 6.85. The molecule has 0 amide bonds. The van der Waals surface area contributed by atoms with E-state index in [1.807, 2.05) is 61.5 Å². The molecule has 1 N–H and O–H groups in total. The summed E-state index contributed by atoms with van der Waals surface area (Å²) in [6.45, 7) is 4.75. The molecule has 0 bridgehead atoms. The van der Waals surface area contributed by atoms with Crippen molar-refractivity contribution in [1.82, 2.24) is 0 Å². The number of ketones is 1. The van der Waals surface area contributed by atoms with E-state index < -0.39 is 0 Å². The van der Waals surface area contributed by atoms with Crippen molar-refractivity contribution >= 4 is 11.5 Å². The number of carbonyl (C=O) groups is 1. The van der Waals surface area contributed by atoms with Gasteiger partial charge in [0.05, 0.1) is 12.6 Å². The van der Waals surface area contributed by atoms with Crippen LogP contribution in [0.1, 0.15) is 47.8 Å². The monoisotopic (exact) mass is 373 g/mol. The highest BCUT2D eigenvalue weighted by molar-refractivity contribution is 5.96. The van der Waals surface area contributed by atoms with E-state index in [0.717, 1.165) is 29.0 Å². The molecule has 28 heavy (non-hydrogen) atoms. The van der Waals surface area contributed by atoms with Gasteiger partial charge in [0.2, 0.25) is 0 Å². The van der Waals surface area contributed by atoms with Crippen LogP contribution in [0.2, 0.25) is 0 Å². The summed E-state index contributed by atoms with van der Waals surface area (Å²) in [5.41, 5.74) is 4.11. The van der Waals surface area contributed by atoms with E-state index in [-0.39, 0.29) is 11.8 Å². The van der Waals surface area contributed by atoms with E-state index in [0.29, 0.717) is 13.0 Å². The molecule has 0 saturated carbocycles. The molecule has 3 aromatic carbocycles. The molecule has 0 aliphatic carbocycles. The third-order valence-electron chi connectivity index (χ3n) is 4.78. The van der Waals surface area contributed by atoms with Crippen LogP contribution < -0.4 is 10.1 Å². The van der Waals surface area contributed by atoms with E-state index in [1.165, 1.54) is 5.56 Å². The molecule has 3 aromatic rings. The topological polar surface area (TPSA) is 38.3 Å². The van der Waals surface area contributed by atoms with Crippen LogP contribution in [0.25, 0.3) is 0 Å². The van der Waals surface area contributed by atoms with Crippen molar-refractivity contribution in [3.63, 3.8) is 0 Å². The molecule has 0 aromatic heterocycles. The van der Waals surface area contributed by atoms with Gasteiger partial charge in [-0.15, -0.1) is 0 Å². The number of hydrogen-bond donors (Lipinski definition) is 1. The fourth-order valence-electron chi connectivity index (χ4n) is 3.18. The molecular weight excluding hydrogens is 346 g/mol. The Balaban J connectivity index is 1.82. The molecular formula is C25H27NO2. The number of hydrogen-bond acceptors (Lipinski definition) is 3. The average Bonchev–Trinajstić information content (AvgIpc) is 2.75. The van der Waals surface area contributed by atoms with E-state index in [1.54, 1.807) is 0 Å². The molecule has 0 heterocycles. The molecule has 1 unspecified atom stereocenters. The van der Waals surface area contributed by atoms with Crippen molar-refractivity contribution in [3.8, 4) is 5.75 Å². The highest BCUT2D eigenvalue weighted by Crippen LogP contribution is 2.26. The summed E-state index contributed by atoms with van der Waals surface area (Å²) in [5.74, 6) is 0.962. The molecule has 3 rings (SSSR count). The number of aryl methyl sites for hydroxylation is 1. The maximum Gasteiger partial charge on any atom is 0.165 e. The summed E-state index contributed by atoms with van der Waals surface area (Å²) in [6, 6.07) is 25.7. The maximum atomic E-state index is 12.8. The molecule has 0 saturated heterocycles. The zero-order chi connectivity index (χ0) is 19.8. The van der Waals surface area contributed by atoms with Crippen molar-refractivity contribution in [2.45, 2.75) is 32.7 Å². The highest BCUT2D eigenvalue weighted by atomic mass is 16.5. The van der Waals surface area contributed by atoms with Gasteiger partial charge in [-0.3, -0.25) is 4.79 Å². The zero-order valence-electron chi connectivity index (χ0n) is 16.5. The van der Waals surface area contributed by atoms with Gasteiger partial charge in [-0.05, 0) is 48.7 Å². The Labute approximate surface area is 167 Å². The molecule has 0 spiro atoms. The van der Waals surface area contributed by atoms with E-state index in [9.17, 15) is 4.79 Å². The van der Waals surface area contributed by atoms with Crippen LogP contribution in [0.15, 0.2) is 78.9 Å². The fourth-order valence-corrected chi connectivity index (χ4v) is 3.18. The predicted molar refractivity (Wildman–Crippen MR) is 115 cm³/mol. The van der Waals surface area contributed by atoms with Gasteiger partial charge in [-0.1, -0.05) is 61.5 Å². The van der Waals surface area contributed by atoms with Crippen LogP contribution in [0, 0.1) is 0 Å². The van der Waals surface area contributed by atoms with Gasteiger partial charge in [0.15, 0.2) is 5.78 Å². The second kappa shape index (κ2) is 9.75. The second-order valence-electron chi connectivity index (χ2n) is 6.74. The van der Waals surface area contributed by atoms with Crippen molar-refractivity contribution in [2.75, 3.05) is 11.9 Å². The van der Waals surface area contributed by atoms with Crippen LogP contribution in [0.3, 0.4) is 0 Å². The Bertz CT molecular complexity index is 871. The molecule has 1 atom stereocenters. The lowest BCUT2D eigenvalue weighted by Gasteiger charge is -2.21. The third kappa shape index (κ3) is 5.23. The van der Waals surface area contributed by atoms with Crippen molar-refractivity contribution in [2.24, 2.45) is 0 Å². The summed E-state index contributed by atoms with van der Waals surface area (Å²) in [4.78, 5) is 12.8. The minimum Gasteiger partial charge on any atom is -0.494 e. The first kappa shape index (κ1) is 19.7. The SMILES string of the molecule is CCOc1ccc(C(CC(=O)c2ccccc2)Nc2ccc(CC)cc2)cc1. The molecule has 0 aliphatic rings. The number of benzene rings is 3. The standard InChI is InChI=1S/C25H27NO2/c1-3-19-10-14-22(15-11-19)26-24(18-25(27)21-8-6-5-7-9-21)20-12-16-23(17-13-20)28-4-2/h5-17,24,26H,3-4,18H2,1-2H3. The molecule has 0 fully saturated rings. The second-order valence-corrected chi connectivity index (χ2v) is 6.74. The first-order valence-electron chi connectivity index (χ1n) is 9.86. The lowest BCUT2D eigenvalue weighted by molar-refractivity contribution is 0.0976. The quantitative estimate of drug-likeness (QED) is 0.462. The third-order valence-corrected chi connectivity index (χ3v) is 4.78. The van der Waals surface area contributed by atoms with Crippen molar-refractivity contribution < 1.29 is 9.53 Å². The fraction of sp³-hybridized carbons (Fsp3) is 0.240. The zero-order valence-corrected chi connectivity index (χ0v) is 16.5. The van der Waals surface area contributed by atoms with E-state index in [2.05, 4.69) is 36.5 Å². The Morgan fingerprint density at radius 1 is 0.893 bits per heavy atom. The van der Waals surface area contributed by atoms with Gasteiger partial charge in [0.1, 0.15) is 5.75 Å². The van der Waals surface area contributed by atoms with Gasteiger partial charge in [-0.25, -0.2) is 0 Å². The Morgan fingerprint density at radius 3 is 2.18 bits per heavy atom. The molecule has 0 aliphatic heterocycles. The van der Waals surface area contributed by atoms with Crippen molar-refractivity contribution in [3.05, 3.63) is 95.6 Å². The Morgan fingerprint density at radius 2 is 1.57 bits per heavy atom. The minimum atomic E-state index is -0.115. The van der Waals surface area contributed by atoms with Gasteiger partial charge in [0.25, 0.3) is 0 Å². The number of rotatable bonds is 9. The largest absolute Gasteiger partial charge is 0.494 e. The van der Waals surface area contributed by atoms with Crippen LogP contribution in [-0.2, 0) is 6.42 Å². The molecule has 0 radical (unpaired) electrons. The van der Waals surface area contributed by atoms with Gasteiger partial charge in [-0.2, -0.15) is 0 Å². The lowest BCUT2D eigenvalue weighted by Crippen LogP contribution is -2.16. The normalized spacial score (nSPS) is 11.6. The van der Waals surface area contributed by atoms with Crippen LogP contribution in [0.4, 0.5) is 5.69 Å². The highest BCUT2D eigenvalue weighted by Gasteiger charge is 2.17. The van der Waals surface area contributed by atoms with Crippen LogP contribution >= 0.6 is 0 Å². The molecule has 144 valence electrons. The van der Waals surface area contributed by atoms with Crippen LogP contribution in [-0.4, -0.2) is 12.4 Å². The summed E-state index contributed by atoms with van der Waals surface area (Å²) >= 11 is 0. The van der Waals surface area contributed by atoms with E-state index >= 15 is 0 Å². The molecule has 3 heteroatoms. The number of nitrogens with one attached hydrogen (secondary N) is 1. The van der Waals surface area contributed by atoms with Crippen LogP contribution in [0.5, 0.6) is 5.75 Å². The number of Topliss-reactive ketones (excluding diaryl/α,β-unsaturated/α-hetero) is 1. The maximum absolute atomic E-state index is 12.8. The first-order valence-corrected chi connectivity index (χ1v) is 9.86. The predicted octanol–water partition coefficient (Wildman–Crippen LogP) is 6.07. The average molecular weight is 373 g/mol. The minimum absolute atomic E-state index is 0.115. The number of carbonyl (C=O) groups excluding carboxylic acids is 1. The lowest BCUT2D eigenvalue weighted by atomic mass is 9.97. The Hall–Kier alpha value is -3.07. The first-order chi connectivity index (χ1) is 13.7. The van der Waals surface area contributed by atoms with Gasteiger partial charge >= 0.3 is 0 Å². The number of anilines is 1. The van der Waals surface area contributed by atoms with Gasteiger partial charge < -0.3 is 10.1 Å². The summed E-state index contributed by atoms with van der Waals surface area (Å²) in [6.07, 6.45) is 1.39. The number of ether oxygens (including phenoxy) is 1. The van der Waals surface area contributed by atoms with Gasteiger partial charge in [0, 0.05) is 17.7 Å². The van der Waals surface area contributed by atoms with Crippen molar-refractivity contribution in [1.29, 1.82) is 0 Å². The summed E-state index contributed by atoms with van der Waals surface area (Å²) < 4.78 is 5.55. The smallest absolute Gasteiger partial charge is 0.165 e.